The van der Waals surface area contributed by atoms with E-state index in [1.54, 1.807) is 12.1 Å². The monoisotopic (exact) mass is 622 g/mol. The number of rotatable bonds is 26. The zero-order chi connectivity index (χ0) is 32.0. The molecule has 1 aromatic rings. The van der Waals surface area contributed by atoms with Crippen molar-refractivity contribution in [1.29, 1.82) is 0 Å². The van der Waals surface area contributed by atoms with E-state index in [0.29, 0.717) is 31.0 Å². The highest BCUT2D eigenvalue weighted by Crippen LogP contribution is 2.18. The first-order chi connectivity index (χ1) is 20.9. The zero-order valence-corrected chi connectivity index (χ0v) is 29.1. The fourth-order valence-electron chi connectivity index (χ4n) is 5.08. The Kier molecular flexibility index (Phi) is 29.4. The summed E-state index contributed by atoms with van der Waals surface area (Å²) in [7, 11) is 0. The van der Waals surface area contributed by atoms with Crippen LogP contribution in [-0.2, 0) is 20.1 Å². The van der Waals surface area contributed by atoms with Gasteiger partial charge in [-0.15, -0.1) is 0 Å². The Balaban J connectivity index is 0.00000135. The van der Waals surface area contributed by atoms with Crippen molar-refractivity contribution in [3.63, 3.8) is 0 Å². The van der Waals surface area contributed by atoms with Crippen LogP contribution >= 0.6 is 12.6 Å². The van der Waals surface area contributed by atoms with Crippen LogP contribution < -0.4 is 4.74 Å². The second-order valence-electron chi connectivity index (χ2n) is 11.9. The average Bonchev–Trinajstić information content (AvgIpc) is 3.02. The van der Waals surface area contributed by atoms with Gasteiger partial charge in [0, 0.05) is 25.2 Å². The van der Waals surface area contributed by atoms with Crippen LogP contribution in [-0.4, -0.2) is 29.8 Å². The molecule has 2 atom stereocenters. The normalized spacial score (nSPS) is 12.2. The van der Waals surface area contributed by atoms with Gasteiger partial charge in [-0.05, 0) is 62.1 Å². The van der Waals surface area contributed by atoms with E-state index in [4.69, 9.17) is 14.6 Å². The molecule has 43 heavy (non-hydrogen) atoms. The van der Waals surface area contributed by atoms with Gasteiger partial charge < -0.3 is 14.6 Å². The van der Waals surface area contributed by atoms with Crippen LogP contribution in [0.3, 0.4) is 0 Å². The second kappa shape index (κ2) is 30.5. The fraction of sp³-hybridized carbons (Fsp3) is 0.784. The molecule has 1 N–H and O–H groups in total. The highest BCUT2D eigenvalue weighted by Gasteiger charge is 2.12. The first-order valence-electron chi connectivity index (χ1n) is 17.6. The summed E-state index contributed by atoms with van der Waals surface area (Å²) in [4.78, 5) is 24.0. The molecular formula is C37H66O5S. The number of hydrogen-bond acceptors (Lipinski definition) is 6. The van der Waals surface area contributed by atoms with Crippen molar-refractivity contribution >= 4 is 24.6 Å². The third-order valence-electron chi connectivity index (χ3n) is 8.06. The summed E-state index contributed by atoms with van der Waals surface area (Å²) in [5.74, 6) is 1.77. The lowest BCUT2D eigenvalue weighted by molar-refractivity contribution is -0.149. The number of unbranched alkanes of at least 4 members (excludes halogenated alkanes) is 11. The van der Waals surface area contributed by atoms with Gasteiger partial charge >= 0.3 is 11.9 Å². The van der Waals surface area contributed by atoms with Crippen molar-refractivity contribution in [2.45, 2.75) is 174 Å². The molecule has 0 heterocycles. The third-order valence-corrected chi connectivity index (χ3v) is 8.43. The van der Waals surface area contributed by atoms with E-state index in [2.05, 4.69) is 40.3 Å². The summed E-state index contributed by atoms with van der Waals surface area (Å²) in [6, 6.07) is 7.44. The zero-order valence-electron chi connectivity index (χ0n) is 28.3. The Labute approximate surface area is 270 Å². The van der Waals surface area contributed by atoms with Gasteiger partial charge in [0.05, 0.1) is 0 Å². The molecule has 0 amide bonds. The summed E-state index contributed by atoms with van der Waals surface area (Å²) >= 11 is 4.22. The summed E-state index contributed by atoms with van der Waals surface area (Å²) in [5, 5.41) is 8.72. The molecule has 0 radical (unpaired) electrons. The van der Waals surface area contributed by atoms with Crippen LogP contribution in [0.2, 0.25) is 0 Å². The van der Waals surface area contributed by atoms with Gasteiger partial charge in [0.25, 0.3) is 0 Å². The molecule has 1 rings (SSSR count). The molecule has 0 spiro atoms. The molecule has 0 aliphatic rings. The van der Waals surface area contributed by atoms with Gasteiger partial charge in [-0.1, -0.05) is 123 Å². The van der Waals surface area contributed by atoms with Gasteiger partial charge in [0.2, 0.25) is 0 Å². The first kappa shape index (κ1) is 41.5. The maximum absolute atomic E-state index is 12.1. The van der Waals surface area contributed by atoms with Gasteiger partial charge in [0.1, 0.15) is 11.9 Å². The molecule has 0 bridgehead atoms. The number of ether oxygens (including phenoxy) is 2. The van der Waals surface area contributed by atoms with E-state index >= 15 is 0 Å². The summed E-state index contributed by atoms with van der Waals surface area (Å²) < 4.78 is 11.0. The lowest BCUT2D eigenvalue weighted by atomic mass is 9.96. The molecule has 0 fully saturated rings. The van der Waals surface area contributed by atoms with Gasteiger partial charge in [-0.2, -0.15) is 12.6 Å². The smallest absolute Gasteiger partial charge is 0.311 e. The van der Waals surface area contributed by atoms with Gasteiger partial charge in [-0.3, -0.25) is 9.59 Å². The highest BCUT2D eigenvalue weighted by atomic mass is 32.1. The maximum atomic E-state index is 12.1. The van der Waals surface area contributed by atoms with Crippen molar-refractivity contribution < 1.29 is 24.2 Å². The minimum atomic E-state index is -0.192. The fourth-order valence-corrected chi connectivity index (χ4v) is 5.29. The SMILES string of the molecule is CCCCCC(CC)CCO.CCCCCCCCC(CC)OC(=O)CCCCCCCC(=O)Oc1ccc(CS)cc1. The molecular weight excluding hydrogens is 556 g/mol. The highest BCUT2D eigenvalue weighted by molar-refractivity contribution is 7.79. The number of esters is 2. The molecule has 0 aromatic heterocycles. The minimum absolute atomic E-state index is 0.0599. The van der Waals surface area contributed by atoms with Crippen LogP contribution in [0.15, 0.2) is 24.3 Å². The number of thiol groups is 1. The molecule has 0 saturated carbocycles. The van der Waals surface area contributed by atoms with E-state index in [9.17, 15) is 9.59 Å². The second-order valence-corrected chi connectivity index (χ2v) is 12.2. The number of aliphatic hydroxyl groups is 1. The Morgan fingerprint density at radius 3 is 1.77 bits per heavy atom. The van der Waals surface area contributed by atoms with Crippen LogP contribution in [0, 0.1) is 5.92 Å². The molecule has 2 unspecified atom stereocenters. The van der Waals surface area contributed by atoms with E-state index < -0.39 is 0 Å². The number of benzene rings is 1. The quantitative estimate of drug-likeness (QED) is 0.0465. The van der Waals surface area contributed by atoms with Crippen LogP contribution in [0.1, 0.15) is 168 Å². The Hall–Kier alpha value is -1.53. The molecule has 0 aliphatic carbocycles. The Bertz CT molecular complexity index is 767. The standard InChI is InChI=1S/C27H44O4S.C10H22O/c1-3-5-6-7-9-12-15-24(4-2)30-26(28)16-13-10-8-11-14-17-27(29)31-25-20-18-23(22-32)19-21-25;1-3-5-6-7-10(4-2)8-9-11/h18-21,24,32H,3-17,22H2,1-2H3;10-11H,3-9H2,1-2H3. The van der Waals surface area contributed by atoms with E-state index in [-0.39, 0.29) is 18.0 Å². The predicted molar refractivity (Wildman–Crippen MR) is 185 cm³/mol. The Morgan fingerprint density at radius 1 is 0.674 bits per heavy atom. The van der Waals surface area contributed by atoms with Crippen LogP contribution in [0.5, 0.6) is 5.75 Å². The largest absolute Gasteiger partial charge is 0.462 e. The lowest BCUT2D eigenvalue weighted by Gasteiger charge is -2.16. The van der Waals surface area contributed by atoms with E-state index in [0.717, 1.165) is 69.3 Å². The lowest BCUT2D eigenvalue weighted by Crippen LogP contribution is -2.17. The number of carbonyl (C=O) groups excluding carboxylic acids is 2. The molecule has 6 heteroatoms. The van der Waals surface area contributed by atoms with Gasteiger partial charge in [-0.25, -0.2) is 0 Å². The predicted octanol–water partition coefficient (Wildman–Crippen LogP) is 10.8. The van der Waals surface area contributed by atoms with E-state index in [1.165, 1.54) is 64.2 Å². The van der Waals surface area contributed by atoms with Crippen LogP contribution in [0.4, 0.5) is 0 Å². The van der Waals surface area contributed by atoms with Gasteiger partial charge in [0.15, 0.2) is 0 Å². The van der Waals surface area contributed by atoms with Crippen molar-refractivity contribution in [3.05, 3.63) is 29.8 Å². The number of aliphatic hydroxyl groups excluding tert-OH is 1. The summed E-state index contributed by atoms with van der Waals surface area (Å²) in [5.41, 5.74) is 1.10. The Morgan fingerprint density at radius 2 is 1.21 bits per heavy atom. The first-order valence-corrected chi connectivity index (χ1v) is 18.3. The molecule has 250 valence electrons. The third kappa shape index (κ3) is 25.5. The molecule has 1 aromatic carbocycles. The molecule has 0 saturated heterocycles. The van der Waals surface area contributed by atoms with Crippen molar-refractivity contribution in [3.8, 4) is 5.75 Å². The van der Waals surface area contributed by atoms with Crippen molar-refractivity contribution in [2.75, 3.05) is 6.61 Å². The summed E-state index contributed by atoms with van der Waals surface area (Å²) in [6.07, 6.45) is 22.7. The minimum Gasteiger partial charge on any atom is -0.462 e. The summed E-state index contributed by atoms with van der Waals surface area (Å²) in [6.45, 7) is 9.14. The van der Waals surface area contributed by atoms with Crippen molar-refractivity contribution in [1.82, 2.24) is 0 Å². The van der Waals surface area contributed by atoms with Crippen LogP contribution in [0.25, 0.3) is 0 Å². The molecule has 0 aliphatic heterocycles. The van der Waals surface area contributed by atoms with E-state index in [1.807, 2.05) is 12.1 Å². The van der Waals surface area contributed by atoms with Crippen molar-refractivity contribution in [2.24, 2.45) is 5.92 Å². The average molecular weight is 623 g/mol. The molecule has 5 nitrogen and oxygen atoms in total. The number of hydrogen-bond donors (Lipinski definition) is 2. The maximum Gasteiger partial charge on any atom is 0.311 e. The topological polar surface area (TPSA) is 72.8 Å². The number of carbonyl (C=O) groups is 2.